The second-order valence-corrected chi connectivity index (χ2v) is 25.1. The Hall–Kier alpha value is -8.34. The Morgan fingerprint density at radius 1 is 0.527 bits per heavy atom. The SMILES string of the molecule is Cc1c(CC(=O)NCCCCCC(=O)N[C@H](CC2CCCCC2)C(=O)N[C@H](CCCN=C(N)N)C(=O)N[C@H](CC2CCCCC2)C(=O)N[C@H](CCCN=C(N)N)C(=O)N[C@H](CC2CCCCC2)C(=O)N[C@H](CCCN=C(N)N)C(N)=O)c(=O)oc2c(F)c(O)c(F)cc12. The van der Waals surface area contributed by atoms with Gasteiger partial charge in [0.1, 0.15) is 36.3 Å². The molecule has 1 heterocycles. The number of rotatable bonds is 38. The minimum atomic E-state index is -1.43. The van der Waals surface area contributed by atoms with Gasteiger partial charge in [-0.3, -0.25) is 53.3 Å². The maximum absolute atomic E-state index is 14.9. The van der Waals surface area contributed by atoms with Gasteiger partial charge in [-0.25, -0.2) is 9.18 Å². The second kappa shape index (κ2) is 39.3. The molecule has 0 bridgehead atoms. The van der Waals surface area contributed by atoms with Crippen molar-refractivity contribution in [1.29, 1.82) is 0 Å². The molecule has 0 spiro atoms. The van der Waals surface area contributed by atoms with Crippen molar-refractivity contribution in [3.05, 3.63) is 39.2 Å². The van der Waals surface area contributed by atoms with Gasteiger partial charge in [-0.15, -0.1) is 0 Å². The lowest BCUT2D eigenvalue weighted by Gasteiger charge is -2.31. The summed E-state index contributed by atoms with van der Waals surface area (Å²) in [6, 6.07) is -6.25. The van der Waals surface area contributed by atoms with Crippen LogP contribution in [-0.4, -0.2) is 133 Å². The minimum absolute atomic E-state index is 0.00186. The van der Waals surface area contributed by atoms with Crippen LogP contribution in [0, 0.1) is 36.3 Å². The first-order valence-corrected chi connectivity index (χ1v) is 33.1. The van der Waals surface area contributed by atoms with Crippen molar-refractivity contribution in [3.8, 4) is 5.75 Å². The van der Waals surface area contributed by atoms with Gasteiger partial charge in [0.15, 0.2) is 35.0 Å². The van der Waals surface area contributed by atoms with E-state index in [1.807, 2.05) is 0 Å². The zero-order chi connectivity index (χ0) is 68.0. The van der Waals surface area contributed by atoms with Crippen LogP contribution in [-0.2, 0) is 44.8 Å². The largest absolute Gasteiger partial charge is 0.503 e. The van der Waals surface area contributed by atoms with E-state index in [1.165, 1.54) is 6.92 Å². The normalized spacial score (nSPS) is 16.6. The molecule has 0 saturated heterocycles. The molecule has 3 aliphatic carbocycles. The summed E-state index contributed by atoms with van der Waals surface area (Å²) in [6.45, 7) is 1.95. The van der Waals surface area contributed by atoms with E-state index in [-0.39, 0.29) is 130 Å². The summed E-state index contributed by atoms with van der Waals surface area (Å²) in [5, 5.41) is 29.4. The average molecular weight is 1310 g/mol. The van der Waals surface area contributed by atoms with Crippen molar-refractivity contribution < 1.29 is 56.7 Å². The quantitative estimate of drug-likeness (QED) is 0.0197. The minimum Gasteiger partial charge on any atom is -0.503 e. The predicted octanol–water partition coefficient (Wildman–Crippen LogP) is 1.77. The highest BCUT2D eigenvalue weighted by Crippen LogP contribution is 2.32. The Balaban J connectivity index is 1.31. The molecule has 3 saturated carbocycles. The summed E-state index contributed by atoms with van der Waals surface area (Å²) in [4.78, 5) is 137. The zero-order valence-electron chi connectivity index (χ0n) is 53.8. The first-order chi connectivity index (χ1) is 44.4. The molecule has 1 aromatic heterocycles. The molecule has 22 N–H and O–H groups in total. The molecule has 30 heteroatoms. The number of carbonyl (C=O) groups is 8. The van der Waals surface area contributed by atoms with E-state index in [2.05, 4.69) is 52.2 Å². The number of benzene rings is 1. The summed E-state index contributed by atoms with van der Waals surface area (Å²) in [5.41, 5.74) is 37.6. The Kier molecular flexibility index (Phi) is 31.8. The van der Waals surface area contributed by atoms with Crippen molar-refractivity contribution in [2.75, 3.05) is 26.2 Å². The molecule has 28 nitrogen and oxygen atoms in total. The molecule has 0 radical (unpaired) electrons. The van der Waals surface area contributed by atoms with Gasteiger partial charge in [-0.2, -0.15) is 4.39 Å². The van der Waals surface area contributed by atoms with E-state index in [0.29, 0.717) is 32.1 Å². The van der Waals surface area contributed by atoms with E-state index in [1.54, 1.807) is 0 Å². The lowest BCUT2D eigenvalue weighted by Crippen LogP contribution is -2.60. The predicted molar refractivity (Wildman–Crippen MR) is 348 cm³/mol. The number of primary amides is 1. The molecule has 3 fully saturated rings. The van der Waals surface area contributed by atoms with Gasteiger partial charge in [-0.05, 0) is 107 Å². The van der Waals surface area contributed by atoms with E-state index in [4.69, 9.17) is 44.6 Å². The molecule has 3 aliphatic rings. The number of aromatic hydroxyl groups is 1. The lowest BCUT2D eigenvalue weighted by molar-refractivity contribution is -0.136. The molecule has 5 rings (SSSR count). The van der Waals surface area contributed by atoms with Crippen LogP contribution < -0.4 is 83.0 Å². The van der Waals surface area contributed by atoms with Crippen LogP contribution in [0.4, 0.5) is 8.78 Å². The number of aliphatic imine (C=N–C) groups is 3. The summed E-state index contributed by atoms with van der Waals surface area (Å²) >= 11 is 0. The van der Waals surface area contributed by atoms with Crippen LogP contribution in [0.3, 0.4) is 0 Å². The Morgan fingerprint density at radius 3 is 1.33 bits per heavy atom. The van der Waals surface area contributed by atoms with Crippen molar-refractivity contribution in [3.63, 3.8) is 0 Å². The summed E-state index contributed by atoms with van der Waals surface area (Å²) in [7, 11) is 0. The highest BCUT2D eigenvalue weighted by molar-refractivity contribution is 5.97. The fourth-order valence-electron chi connectivity index (χ4n) is 12.6. The molecular formula is C63H101F2N17O11. The van der Waals surface area contributed by atoms with Crippen LogP contribution in [0.2, 0.25) is 0 Å². The highest BCUT2D eigenvalue weighted by atomic mass is 19.1. The molecule has 8 amide bonds. The van der Waals surface area contributed by atoms with E-state index in [0.717, 1.165) is 102 Å². The number of carbonyl (C=O) groups excluding carboxylic acids is 8. The second-order valence-electron chi connectivity index (χ2n) is 25.1. The third-order valence-corrected chi connectivity index (χ3v) is 17.7. The third kappa shape index (κ3) is 26.3. The van der Waals surface area contributed by atoms with Crippen molar-refractivity contribution in [2.45, 2.75) is 229 Å². The van der Waals surface area contributed by atoms with Gasteiger partial charge in [-0.1, -0.05) is 103 Å². The van der Waals surface area contributed by atoms with Crippen LogP contribution >= 0.6 is 0 Å². The summed E-state index contributed by atoms with van der Waals surface area (Å²) in [5.74, 6) is -9.46. The van der Waals surface area contributed by atoms with E-state index >= 15 is 0 Å². The van der Waals surface area contributed by atoms with Gasteiger partial charge in [0.25, 0.3) is 0 Å². The van der Waals surface area contributed by atoms with Crippen molar-refractivity contribution >= 4 is 76.1 Å². The number of nitrogens with two attached hydrogens (primary N) is 7. The molecule has 1 aromatic carbocycles. The average Bonchev–Trinajstić information content (AvgIpc) is 0.780. The number of guanidine groups is 3. The molecule has 2 aromatic rings. The van der Waals surface area contributed by atoms with Gasteiger partial charge in [0.2, 0.25) is 53.1 Å². The number of phenols is 1. The Bertz CT molecular complexity index is 2990. The fourth-order valence-corrected chi connectivity index (χ4v) is 12.6. The highest BCUT2D eigenvalue weighted by Gasteiger charge is 2.36. The lowest BCUT2D eigenvalue weighted by atomic mass is 9.84. The molecule has 93 heavy (non-hydrogen) atoms. The molecule has 6 atom stereocenters. The first kappa shape index (κ1) is 75.4. The maximum Gasteiger partial charge on any atom is 0.340 e. The van der Waals surface area contributed by atoms with Gasteiger partial charge >= 0.3 is 5.63 Å². The number of aryl methyl sites for hydroxylation is 1. The molecular weight excluding hydrogens is 1210 g/mol. The van der Waals surface area contributed by atoms with Crippen LogP contribution in [0.15, 0.2) is 30.3 Å². The Labute approximate surface area is 541 Å². The number of halogens is 2. The van der Waals surface area contributed by atoms with Crippen LogP contribution in [0.1, 0.15) is 191 Å². The van der Waals surface area contributed by atoms with Gasteiger partial charge in [0, 0.05) is 38.0 Å². The van der Waals surface area contributed by atoms with Crippen molar-refractivity contribution in [2.24, 2.45) is 72.9 Å². The summed E-state index contributed by atoms with van der Waals surface area (Å²) in [6.07, 6.45) is 15.9. The van der Waals surface area contributed by atoms with Crippen LogP contribution in [0.25, 0.3) is 11.0 Å². The topological polar surface area (TPSA) is 490 Å². The Morgan fingerprint density at radius 2 is 0.914 bits per heavy atom. The fraction of sp³-hybridized carbons (Fsp3) is 0.683. The number of hydrogen-bond acceptors (Lipinski definition) is 14. The van der Waals surface area contributed by atoms with Crippen LogP contribution in [0.5, 0.6) is 5.75 Å². The molecule has 518 valence electrons. The number of nitrogens with zero attached hydrogens (tertiary/aromatic N) is 3. The third-order valence-electron chi connectivity index (χ3n) is 17.7. The van der Waals surface area contributed by atoms with Gasteiger partial charge < -0.3 is 86.9 Å². The number of fused-ring (bicyclic) bond motifs is 1. The number of amides is 8. The first-order valence-electron chi connectivity index (χ1n) is 33.1. The smallest absolute Gasteiger partial charge is 0.340 e. The summed E-state index contributed by atoms with van der Waals surface area (Å²) < 4.78 is 33.7. The number of hydrogen-bond donors (Lipinski definition) is 15. The number of unbranched alkanes of at least 4 members (excludes halogenated alkanes) is 2. The van der Waals surface area contributed by atoms with E-state index in [9.17, 15) is 57.0 Å². The number of phenolic OH excluding ortho intramolecular Hbond substituents is 1. The molecule has 0 unspecified atom stereocenters. The van der Waals surface area contributed by atoms with Crippen molar-refractivity contribution in [1.82, 2.24) is 37.2 Å². The van der Waals surface area contributed by atoms with Gasteiger partial charge in [0.05, 0.1) is 12.0 Å². The monoisotopic (exact) mass is 1310 g/mol. The number of nitrogens with one attached hydrogen (secondary N) is 7. The molecule has 0 aliphatic heterocycles. The zero-order valence-corrected chi connectivity index (χ0v) is 53.8. The maximum atomic E-state index is 14.9. The standard InChI is InChI=1S/C63H101F2N17O11/c1-36-40-34-42(64)52(85)51(65)53(40)93-60(92)41(36)35-50(84)73-27-13-5-12-26-49(83)77-46(31-37-17-6-2-7-18-37)57(89)79-44(24-15-29-75-62(69)70)55(87)82-48(33-39-21-10-4-11-22-39)59(91)80-45(25-16-30-76-63(71)72)56(88)81-47(32-38-19-8-3-9-20-38)58(90)78-43(54(66)86)23-14-28-74-61(67)68/h34,37-39,43-48,85H,2-33,35H2,1H3,(H2,66,86)(H,73,84)(H,77,83)(H,78,90)(H,79,89)(H,80,91)(H,81,88)(H,82,87)(H4,67,68,74)(H4,69,70,75)(H4,71,72,76)/t43-,44-,45-,46-,47-,48-/m1/s1. The van der Waals surface area contributed by atoms with E-state index < -0.39 is 119 Å².